The number of fused-ring (bicyclic) bond motifs is 5. The van der Waals surface area contributed by atoms with Gasteiger partial charge in [-0.2, -0.15) is 0 Å². The molecule has 7 atom stereocenters. The highest BCUT2D eigenvalue weighted by Crippen LogP contribution is 2.57. The molecule has 4 fully saturated rings. The SMILES string of the molecule is CN(C)[C@@H]1C(=O)C(C(N)=O)=C(O)[C@@]2(O)C(=O)C3=C(O)c4c(O)cccc4[C@@](C)(O)[C@H]3C[C@@H]12.COc1c(N2C[C@@H]3CCCN[C@@H]3C2)c(F)cc2c(=O)c(C(=O)O)cn(C3CC3)c12. The number of Topliss-reactive ketones (excluding diaryl/α,β-unsaturated/α-hetero) is 2. The number of rotatable bonds is 6. The molecule has 9 rings (SSSR count). The van der Waals surface area contributed by atoms with Gasteiger partial charge in [0, 0.05) is 48.8 Å². The quantitative estimate of drug-likeness (QED) is 0.165. The number of benzene rings is 2. The van der Waals surface area contributed by atoms with Crippen molar-refractivity contribution in [1.82, 2.24) is 14.8 Å². The van der Waals surface area contributed by atoms with E-state index in [1.807, 2.05) is 4.90 Å². The zero-order valence-corrected chi connectivity index (χ0v) is 33.9. The maximum absolute atomic E-state index is 15.3. The summed E-state index contributed by atoms with van der Waals surface area (Å²) in [6.07, 6.45) is 5.20. The van der Waals surface area contributed by atoms with Gasteiger partial charge in [0.25, 0.3) is 5.91 Å². The van der Waals surface area contributed by atoms with E-state index in [-0.39, 0.29) is 34.5 Å². The summed E-state index contributed by atoms with van der Waals surface area (Å²) >= 11 is 0. The van der Waals surface area contributed by atoms with E-state index in [9.17, 15) is 54.6 Å². The Balaban J connectivity index is 0.000000169. The summed E-state index contributed by atoms with van der Waals surface area (Å²) in [6.45, 7) is 3.80. The van der Waals surface area contributed by atoms with Crippen LogP contribution in [-0.2, 0) is 20.0 Å². The smallest absolute Gasteiger partial charge is 0.341 e. The number of anilines is 1. The van der Waals surface area contributed by atoms with E-state index in [2.05, 4.69) is 5.32 Å². The molecule has 2 saturated carbocycles. The number of carboxylic acid groups (broad SMARTS) is 1. The first kappa shape index (κ1) is 41.9. The Labute approximate surface area is 348 Å². The number of carbonyl (C=O) groups excluding carboxylic acids is 3. The average Bonchev–Trinajstić information content (AvgIpc) is 3.95. The number of ketones is 2. The second-order valence-corrected chi connectivity index (χ2v) is 17.3. The Morgan fingerprint density at radius 3 is 2.38 bits per heavy atom. The monoisotopic (exact) mass is 845 g/mol. The molecule has 1 aromatic heterocycles. The van der Waals surface area contributed by atoms with E-state index in [4.69, 9.17) is 10.5 Å². The summed E-state index contributed by atoms with van der Waals surface area (Å²) in [5, 5.41) is 67.9. The number of piperidine rings is 1. The number of hydrogen-bond donors (Lipinski definition) is 8. The number of ether oxygens (including phenoxy) is 1. The third-order valence-corrected chi connectivity index (χ3v) is 13.5. The van der Waals surface area contributed by atoms with Gasteiger partial charge in [0.05, 0.1) is 35.2 Å². The number of phenolic OH excluding ortho intramolecular Hbond substituents is 1. The number of likely N-dealkylation sites (N-methyl/N-ethyl adjacent to an activating group) is 1. The molecule has 18 heteroatoms. The van der Waals surface area contributed by atoms with Crippen LogP contribution >= 0.6 is 0 Å². The molecule has 2 saturated heterocycles. The molecule has 2 aliphatic heterocycles. The predicted octanol–water partition coefficient (Wildman–Crippen LogP) is 2.00. The van der Waals surface area contributed by atoms with Gasteiger partial charge in [0.1, 0.15) is 34.1 Å². The van der Waals surface area contributed by atoms with E-state index in [0.29, 0.717) is 35.5 Å². The lowest BCUT2D eigenvalue weighted by Gasteiger charge is -2.53. The number of halogens is 1. The molecule has 0 radical (unpaired) electrons. The minimum absolute atomic E-state index is 0.0599. The van der Waals surface area contributed by atoms with Crippen LogP contribution in [0.1, 0.15) is 66.6 Å². The fourth-order valence-corrected chi connectivity index (χ4v) is 10.5. The maximum atomic E-state index is 15.3. The third kappa shape index (κ3) is 6.21. The number of methoxy groups -OCH3 is 1. The number of hydrogen-bond acceptors (Lipinski definition) is 14. The Hall–Kier alpha value is -5.82. The number of aromatic hydroxyl groups is 1. The van der Waals surface area contributed by atoms with Gasteiger partial charge in [-0.25, -0.2) is 9.18 Å². The lowest BCUT2D eigenvalue weighted by Crippen LogP contribution is -2.67. The Kier molecular flexibility index (Phi) is 10.1. The molecule has 0 spiro atoms. The van der Waals surface area contributed by atoms with Crippen LogP contribution in [0.5, 0.6) is 11.5 Å². The van der Waals surface area contributed by atoms with E-state index in [1.165, 1.54) is 63.5 Å². The minimum Gasteiger partial charge on any atom is -0.508 e. The van der Waals surface area contributed by atoms with Crippen LogP contribution in [0.4, 0.5) is 10.1 Å². The molecule has 1 amide bonds. The zero-order valence-electron chi connectivity index (χ0n) is 33.9. The molecule has 3 heterocycles. The van der Waals surface area contributed by atoms with Gasteiger partial charge < -0.3 is 55.9 Å². The first-order valence-corrected chi connectivity index (χ1v) is 20.1. The van der Waals surface area contributed by atoms with Crippen LogP contribution in [0.2, 0.25) is 0 Å². The van der Waals surface area contributed by atoms with Crippen molar-refractivity contribution in [3.8, 4) is 11.5 Å². The number of phenols is 1. The third-order valence-electron chi connectivity index (χ3n) is 13.5. The number of nitrogens with one attached hydrogen (secondary N) is 1. The molecule has 6 aliphatic rings. The molecule has 2 aromatic carbocycles. The van der Waals surface area contributed by atoms with Gasteiger partial charge in [0.15, 0.2) is 23.0 Å². The Morgan fingerprint density at radius 2 is 1.77 bits per heavy atom. The van der Waals surface area contributed by atoms with Gasteiger partial charge >= 0.3 is 5.97 Å². The van der Waals surface area contributed by atoms with Gasteiger partial charge in [-0.1, -0.05) is 12.1 Å². The second kappa shape index (κ2) is 14.7. The fourth-order valence-electron chi connectivity index (χ4n) is 10.5. The van der Waals surface area contributed by atoms with Gasteiger partial charge in [-0.3, -0.25) is 24.1 Å². The summed E-state index contributed by atoms with van der Waals surface area (Å²) in [5.74, 6) is -8.96. The number of carboxylic acids is 1. The maximum Gasteiger partial charge on any atom is 0.341 e. The summed E-state index contributed by atoms with van der Waals surface area (Å²) in [5.41, 5.74) is -0.703. The lowest BCUT2D eigenvalue weighted by atomic mass is 9.54. The standard InChI is InChI=1S/C22H24N2O8.C21H24FN3O4/c1-21(31)8-5-4-6-11(25)12(8)16(26)13-9(21)7-10-15(24(2)3)17(27)14(20(23)30)19(29)22(10,32)18(13)28;1-29-20-17-13(19(26)14(21(27)28)9-25(17)12-4-5-12)7-15(22)18(20)24-8-11-3-2-6-23-16(11)10-24/h4-6,9-10,15,25-26,29,31-32H,7H2,1-3H3,(H2,23,30);7,9,11-12,16,23H,2-6,8,10H2,1H3,(H,27,28)/t9-,10-,15-,21+,22-;11-,16+/m00/s1. The molecule has 9 N–H and O–H groups in total. The molecular formula is C43H48FN5O12. The van der Waals surface area contributed by atoms with Crippen LogP contribution in [0, 0.1) is 23.6 Å². The van der Waals surface area contributed by atoms with E-state index < -0.39 is 92.2 Å². The predicted molar refractivity (Wildman–Crippen MR) is 217 cm³/mol. The van der Waals surface area contributed by atoms with Crippen molar-refractivity contribution in [3.05, 3.63) is 80.1 Å². The summed E-state index contributed by atoms with van der Waals surface area (Å²) in [4.78, 5) is 66.4. The van der Waals surface area contributed by atoms with Crippen LogP contribution in [0.3, 0.4) is 0 Å². The second-order valence-electron chi connectivity index (χ2n) is 17.3. The first-order chi connectivity index (χ1) is 28.8. The van der Waals surface area contributed by atoms with Gasteiger partial charge in [-0.15, -0.1) is 0 Å². The van der Waals surface area contributed by atoms with Crippen molar-refractivity contribution in [2.24, 2.45) is 23.5 Å². The highest BCUT2D eigenvalue weighted by Gasteiger charge is 2.66. The largest absolute Gasteiger partial charge is 0.508 e. The number of aromatic nitrogens is 1. The average molecular weight is 846 g/mol. The van der Waals surface area contributed by atoms with E-state index in [0.717, 1.165) is 38.8 Å². The lowest BCUT2D eigenvalue weighted by molar-refractivity contribution is -0.159. The molecule has 3 aromatic rings. The summed E-state index contributed by atoms with van der Waals surface area (Å²) in [7, 11) is 4.49. The summed E-state index contributed by atoms with van der Waals surface area (Å²) < 4.78 is 22.8. The van der Waals surface area contributed by atoms with Crippen LogP contribution in [-0.4, -0.2) is 122 Å². The van der Waals surface area contributed by atoms with Crippen molar-refractivity contribution in [3.63, 3.8) is 0 Å². The van der Waals surface area contributed by atoms with E-state index in [1.54, 1.807) is 4.57 Å². The van der Waals surface area contributed by atoms with Crippen molar-refractivity contribution in [2.75, 3.05) is 45.7 Å². The Morgan fingerprint density at radius 1 is 1.07 bits per heavy atom. The number of aromatic carboxylic acids is 1. The Bertz CT molecular complexity index is 2550. The number of aliphatic hydroxyl groups excluding tert-OH is 2. The number of nitrogens with two attached hydrogens (primary N) is 1. The molecule has 0 bridgehead atoms. The molecule has 0 unspecified atom stereocenters. The highest BCUT2D eigenvalue weighted by molar-refractivity contribution is 6.24. The zero-order chi connectivity index (χ0) is 44.2. The number of primary amides is 1. The number of aliphatic hydroxyl groups is 4. The molecule has 324 valence electrons. The van der Waals surface area contributed by atoms with Crippen molar-refractivity contribution in [2.45, 2.75) is 68.4 Å². The molecule has 4 aliphatic carbocycles. The van der Waals surface area contributed by atoms with Gasteiger partial charge in [-0.05, 0) is 83.3 Å². The van der Waals surface area contributed by atoms with Crippen LogP contribution in [0.25, 0.3) is 16.7 Å². The number of nitrogens with zero attached hydrogens (tertiary/aromatic N) is 3. The molecule has 61 heavy (non-hydrogen) atoms. The van der Waals surface area contributed by atoms with Crippen molar-refractivity contribution in [1.29, 1.82) is 0 Å². The van der Waals surface area contributed by atoms with Gasteiger partial charge in [0.2, 0.25) is 11.2 Å². The summed E-state index contributed by atoms with van der Waals surface area (Å²) in [6, 6.07) is 4.63. The number of amides is 1. The normalized spacial score (nSPS) is 29.4. The van der Waals surface area contributed by atoms with Crippen LogP contribution in [0.15, 0.2) is 52.2 Å². The number of carbonyl (C=O) groups is 4. The molecular weight excluding hydrogens is 797 g/mol. The van der Waals surface area contributed by atoms with Crippen molar-refractivity contribution >= 4 is 45.8 Å². The fraction of sp³-hybridized carbons (Fsp3) is 0.465. The van der Waals surface area contributed by atoms with E-state index >= 15 is 4.39 Å². The first-order valence-electron chi connectivity index (χ1n) is 20.1. The van der Waals surface area contributed by atoms with Crippen molar-refractivity contribution < 1.29 is 58.9 Å². The number of pyridine rings is 1. The molecule has 17 nitrogen and oxygen atoms in total. The highest BCUT2D eigenvalue weighted by atomic mass is 19.1. The van der Waals surface area contributed by atoms with Crippen LogP contribution < -0.4 is 26.1 Å². The topological polar surface area (TPSA) is 265 Å². The minimum atomic E-state index is -2.75.